The molecule has 0 saturated carbocycles. The first-order chi connectivity index (χ1) is 7.89. The molecule has 2 N–H and O–H groups in total. The number of hydrogen-bond acceptors (Lipinski definition) is 5. The number of carbonyl (C=O) groups is 1. The minimum Gasteiger partial charge on any atom is -0.354 e. The van der Waals surface area contributed by atoms with Crippen molar-refractivity contribution in [3.05, 3.63) is 0 Å². The summed E-state index contributed by atoms with van der Waals surface area (Å²) in [6.45, 7) is 1.59. The molecule has 1 aliphatic rings. The van der Waals surface area contributed by atoms with Gasteiger partial charge in [-0.1, -0.05) is 0 Å². The first-order valence-electron chi connectivity index (χ1n) is 5.74. The Morgan fingerprint density at radius 3 is 2.65 bits per heavy atom. The molecule has 0 aromatic rings. The van der Waals surface area contributed by atoms with Crippen LogP contribution in [0.15, 0.2) is 0 Å². The van der Waals surface area contributed by atoms with Crippen LogP contribution >= 0.6 is 0 Å². The number of amides is 1. The molecule has 7 heteroatoms. The fraction of sp³-hybridized carbons (Fsp3) is 0.900. The highest BCUT2D eigenvalue weighted by atomic mass is 32.2. The lowest BCUT2D eigenvalue weighted by molar-refractivity contribution is -0.120. The standard InChI is InChI=1S/C10H21N3O3S/c1-13(2)5-4-11-10(14)7-12-9-3-6-17(15,16)8-9/h9,12H,3-8H2,1-2H3,(H,11,14). The minimum absolute atomic E-state index is 0.0698. The normalized spacial score (nSPS) is 22.9. The summed E-state index contributed by atoms with van der Waals surface area (Å²) in [5, 5.41) is 5.74. The number of nitrogens with zero attached hydrogens (tertiary/aromatic N) is 1. The Balaban J connectivity index is 2.12. The molecular formula is C10H21N3O3S. The average Bonchev–Trinajstić information content (AvgIpc) is 2.55. The van der Waals surface area contributed by atoms with E-state index in [9.17, 15) is 13.2 Å². The second-order valence-corrected chi connectivity index (χ2v) is 6.86. The Hall–Kier alpha value is -0.660. The molecule has 100 valence electrons. The predicted octanol–water partition coefficient (Wildman–Crippen LogP) is -1.56. The fourth-order valence-corrected chi connectivity index (χ4v) is 3.38. The third-order valence-electron chi connectivity index (χ3n) is 2.66. The Bertz CT molecular complexity index is 354. The summed E-state index contributed by atoms with van der Waals surface area (Å²) in [5.74, 6) is 0.293. The number of likely N-dealkylation sites (N-methyl/N-ethyl adjacent to an activating group) is 1. The van der Waals surface area contributed by atoms with Crippen LogP contribution in [0.4, 0.5) is 0 Å². The Labute approximate surface area is 103 Å². The molecule has 0 bridgehead atoms. The van der Waals surface area contributed by atoms with Crippen molar-refractivity contribution < 1.29 is 13.2 Å². The quantitative estimate of drug-likeness (QED) is 0.606. The highest BCUT2D eigenvalue weighted by Crippen LogP contribution is 2.10. The van der Waals surface area contributed by atoms with Crippen LogP contribution in [0.3, 0.4) is 0 Å². The van der Waals surface area contributed by atoms with Gasteiger partial charge < -0.3 is 15.5 Å². The van der Waals surface area contributed by atoms with Gasteiger partial charge in [0, 0.05) is 19.1 Å². The van der Waals surface area contributed by atoms with E-state index in [0.29, 0.717) is 13.0 Å². The monoisotopic (exact) mass is 263 g/mol. The van der Waals surface area contributed by atoms with Crippen molar-refractivity contribution >= 4 is 15.7 Å². The van der Waals surface area contributed by atoms with Gasteiger partial charge in [-0.25, -0.2) is 8.42 Å². The Kier molecular flexibility index (Phi) is 5.35. The summed E-state index contributed by atoms with van der Waals surface area (Å²) in [6.07, 6.45) is 0.604. The van der Waals surface area contributed by atoms with Gasteiger partial charge >= 0.3 is 0 Å². The van der Waals surface area contributed by atoms with Crippen LogP contribution in [0.2, 0.25) is 0 Å². The van der Waals surface area contributed by atoms with Crippen LogP contribution < -0.4 is 10.6 Å². The van der Waals surface area contributed by atoms with Crippen LogP contribution in [0.1, 0.15) is 6.42 Å². The zero-order valence-electron chi connectivity index (χ0n) is 10.4. The molecule has 0 aliphatic carbocycles. The number of rotatable bonds is 6. The first kappa shape index (κ1) is 14.4. The van der Waals surface area contributed by atoms with Gasteiger partial charge in [0.1, 0.15) is 0 Å². The summed E-state index contributed by atoms with van der Waals surface area (Å²) in [5.41, 5.74) is 0. The lowest BCUT2D eigenvalue weighted by atomic mass is 10.2. The highest BCUT2D eigenvalue weighted by Gasteiger charge is 2.27. The Morgan fingerprint density at radius 2 is 2.12 bits per heavy atom. The van der Waals surface area contributed by atoms with Crippen molar-refractivity contribution in [2.24, 2.45) is 0 Å². The maximum absolute atomic E-state index is 11.4. The second kappa shape index (κ2) is 6.32. The maximum Gasteiger partial charge on any atom is 0.234 e. The van der Waals surface area contributed by atoms with Crippen molar-refractivity contribution in [2.45, 2.75) is 12.5 Å². The molecule has 0 aromatic carbocycles. The fourth-order valence-electron chi connectivity index (χ4n) is 1.67. The molecule has 6 nitrogen and oxygen atoms in total. The van der Waals surface area contributed by atoms with Crippen molar-refractivity contribution in [2.75, 3.05) is 45.2 Å². The SMILES string of the molecule is CN(C)CCNC(=O)CNC1CCS(=O)(=O)C1. The maximum atomic E-state index is 11.4. The first-order valence-corrected chi connectivity index (χ1v) is 7.56. The third-order valence-corrected chi connectivity index (χ3v) is 4.43. The van der Waals surface area contributed by atoms with Crippen LogP contribution in [-0.4, -0.2) is 70.5 Å². The molecule has 0 spiro atoms. The van der Waals surface area contributed by atoms with Gasteiger partial charge in [-0.05, 0) is 20.5 Å². The van der Waals surface area contributed by atoms with E-state index in [1.54, 1.807) is 0 Å². The zero-order valence-corrected chi connectivity index (χ0v) is 11.2. The number of nitrogens with one attached hydrogen (secondary N) is 2. The van der Waals surface area contributed by atoms with Gasteiger partial charge in [-0.2, -0.15) is 0 Å². The van der Waals surface area contributed by atoms with Gasteiger partial charge in [0.2, 0.25) is 5.91 Å². The van der Waals surface area contributed by atoms with E-state index in [4.69, 9.17) is 0 Å². The molecule has 1 atom stereocenters. The van der Waals surface area contributed by atoms with Crippen molar-refractivity contribution in [3.8, 4) is 0 Å². The van der Waals surface area contributed by atoms with Crippen molar-refractivity contribution in [1.29, 1.82) is 0 Å². The summed E-state index contributed by atoms with van der Waals surface area (Å²) >= 11 is 0. The molecule has 1 amide bonds. The smallest absolute Gasteiger partial charge is 0.234 e. The Morgan fingerprint density at radius 1 is 1.41 bits per heavy atom. The molecule has 1 aliphatic heterocycles. The molecule has 0 aromatic heterocycles. The van der Waals surface area contributed by atoms with E-state index >= 15 is 0 Å². The molecule has 1 heterocycles. The second-order valence-electron chi connectivity index (χ2n) is 4.63. The van der Waals surface area contributed by atoms with Gasteiger partial charge in [0.15, 0.2) is 9.84 Å². The largest absolute Gasteiger partial charge is 0.354 e. The van der Waals surface area contributed by atoms with Crippen molar-refractivity contribution in [3.63, 3.8) is 0 Å². The van der Waals surface area contributed by atoms with Gasteiger partial charge in [-0.3, -0.25) is 4.79 Å². The van der Waals surface area contributed by atoms with E-state index in [2.05, 4.69) is 10.6 Å². The summed E-state index contributed by atoms with van der Waals surface area (Å²) in [4.78, 5) is 13.4. The molecule has 1 fully saturated rings. The van der Waals surface area contributed by atoms with Gasteiger partial charge in [-0.15, -0.1) is 0 Å². The third kappa shape index (κ3) is 5.99. The zero-order chi connectivity index (χ0) is 12.9. The van der Waals surface area contributed by atoms with Gasteiger partial charge in [0.25, 0.3) is 0 Å². The van der Waals surface area contributed by atoms with E-state index in [-0.39, 0.29) is 30.0 Å². The topological polar surface area (TPSA) is 78.5 Å². The van der Waals surface area contributed by atoms with E-state index < -0.39 is 9.84 Å². The predicted molar refractivity (Wildman–Crippen MR) is 66.6 cm³/mol. The van der Waals surface area contributed by atoms with Gasteiger partial charge in [0.05, 0.1) is 18.1 Å². The molecular weight excluding hydrogens is 242 g/mol. The minimum atomic E-state index is -2.87. The number of hydrogen-bond donors (Lipinski definition) is 2. The van der Waals surface area contributed by atoms with E-state index in [1.807, 2.05) is 19.0 Å². The molecule has 0 radical (unpaired) electrons. The van der Waals surface area contributed by atoms with Crippen LogP contribution in [0.25, 0.3) is 0 Å². The molecule has 17 heavy (non-hydrogen) atoms. The molecule has 1 unspecified atom stereocenters. The van der Waals surface area contributed by atoms with E-state index in [0.717, 1.165) is 6.54 Å². The summed E-state index contributed by atoms with van der Waals surface area (Å²) in [6, 6.07) is -0.0698. The molecule has 1 rings (SSSR count). The molecule has 1 saturated heterocycles. The summed E-state index contributed by atoms with van der Waals surface area (Å²) in [7, 11) is 1.00. The summed E-state index contributed by atoms with van der Waals surface area (Å²) < 4.78 is 22.4. The lowest BCUT2D eigenvalue weighted by Crippen LogP contribution is -2.41. The van der Waals surface area contributed by atoms with Crippen LogP contribution in [0.5, 0.6) is 0 Å². The average molecular weight is 263 g/mol. The van der Waals surface area contributed by atoms with Crippen LogP contribution in [0, 0.1) is 0 Å². The number of carbonyl (C=O) groups excluding carboxylic acids is 1. The van der Waals surface area contributed by atoms with Crippen molar-refractivity contribution in [1.82, 2.24) is 15.5 Å². The lowest BCUT2D eigenvalue weighted by Gasteiger charge is -2.12. The number of sulfone groups is 1. The van der Waals surface area contributed by atoms with Crippen LogP contribution in [-0.2, 0) is 14.6 Å². The van der Waals surface area contributed by atoms with E-state index in [1.165, 1.54) is 0 Å². The highest BCUT2D eigenvalue weighted by molar-refractivity contribution is 7.91.